The molecular formula is C21H22F3N5O3. The van der Waals surface area contributed by atoms with Crippen molar-refractivity contribution in [2.24, 2.45) is 5.92 Å². The Balaban J connectivity index is 1.54. The Hall–Kier alpha value is -3.37. The van der Waals surface area contributed by atoms with E-state index in [9.17, 15) is 27.6 Å². The molecule has 0 atom stereocenters. The zero-order chi connectivity index (χ0) is 23.1. The monoisotopic (exact) mass is 449 g/mol. The Bertz CT molecular complexity index is 1040. The van der Waals surface area contributed by atoms with E-state index < -0.39 is 41.7 Å². The first-order valence-electron chi connectivity index (χ1n) is 10.2. The summed E-state index contributed by atoms with van der Waals surface area (Å²) in [7, 11) is 0. The Morgan fingerprint density at radius 1 is 1.28 bits per heavy atom. The first-order chi connectivity index (χ1) is 15.1. The Morgan fingerprint density at radius 2 is 2.00 bits per heavy atom. The van der Waals surface area contributed by atoms with Gasteiger partial charge in [0.15, 0.2) is 0 Å². The molecule has 2 N–H and O–H groups in total. The van der Waals surface area contributed by atoms with E-state index in [1.165, 1.54) is 23.1 Å². The molecule has 2 heterocycles. The maximum Gasteiger partial charge on any atom is 0.416 e. The molecule has 4 amide bonds. The minimum Gasteiger partial charge on any atom is -0.323 e. The van der Waals surface area contributed by atoms with Crippen LogP contribution in [0.3, 0.4) is 0 Å². The number of hydrogen-bond acceptors (Lipinski definition) is 4. The van der Waals surface area contributed by atoms with Gasteiger partial charge in [-0.2, -0.15) is 18.3 Å². The lowest BCUT2D eigenvalue weighted by atomic mass is 9.77. The summed E-state index contributed by atoms with van der Waals surface area (Å²) in [6, 6.07) is 3.79. The standard InChI is InChI=1S/C21H22F3N5O3/c1-13-5-7-20(8-6-13)18(31)28(19(32)27-20)12-17(30)26-15-11-14(21(22,23)24)3-4-16(15)29-10-2-9-25-29/h2-4,9-11,13H,5-8,12H2,1H3,(H,26,30)(H,27,32). The number of aromatic nitrogens is 2. The normalized spacial score (nSPS) is 23.5. The van der Waals surface area contributed by atoms with Gasteiger partial charge in [0.05, 0.1) is 16.9 Å². The number of rotatable bonds is 4. The van der Waals surface area contributed by atoms with Crippen LogP contribution < -0.4 is 10.6 Å². The average Bonchev–Trinajstić information content (AvgIpc) is 3.33. The molecule has 32 heavy (non-hydrogen) atoms. The smallest absolute Gasteiger partial charge is 0.323 e. The number of urea groups is 1. The average molecular weight is 449 g/mol. The van der Waals surface area contributed by atoms with Gasteiger partial charge >= 0.3 is 12.2 Å². The molecule has 1 aliphatic heterocycles. The van der Waals surface area contributed by atoms with Crippen LogP contribution in [0, 0.1) is 5.92 Å². The van der Waals surface area contributed by atoms with Crippen molar-refractivity contribution in [1.29, 1.82) is 0 Å². The van der Waals surface area contributed by atoms with Crippen LogP contribution in [0.2, 0.25) is 0 Å². The molecule has 170 valence electrons. The minimum atomic E-state index is -4.61. The van der Waals surface area contributed by atoms with Crippen molar-refractivity contribution >= 4 is 23.5 Å². The summed E-state index contributed by atoms with van der Waals surface area (Å²) in [4.78, 5) is 38.8. The summed E-state index contributed by atoms with van der Waals surface area (Å²) in [5, 5.41) is 9.11. The number of anilines is 1. The molecule has 1 aromatic carbocycles. The number of imide groups is 1. The lowest BCUT2D eigenvalue weighted by Crippen LogP contribution is -2.49. The van der Waals surface area contributed by atoms with Crippen LogP contribution in [0.1, 0.15) is 38.2 Å². The van der Waals surface area contributed by atoms with Crippen LogP contribution in [-0.4, -0.2) is 44.6 Å². The molecule has 2 aliphatic rings. The van der Waals surface area contributed by atoms with Crippen LogP contribution in [0.4, 0.5) is 23.7 Å². The van der Waals surface area contributed by atoms with Crippen LogP contribution >= 0.6 is 0 Å². The molecule has 0 bridgehead atoms. The van der Waals surface area contributed by atoms with Crippen LogP contribution in [0.5, 0.6) is 0 Å². The lowest BCUT2D eigenvalue weighted by molar-refractivity contribution is -0.137. The highest BCUT2D eigenvalue weighted by atomic mass is 19.4. The quantitative estimate of drug-likeness (QED) is 0.700. The molecule has 1 saturated carbocycles. The van der Waals surface area contributed by atoms with Crippen LogP contribution in [-0.2, 0) is 15.8 Å². The number of halogens is 3. The van der Waals surface area contributed by atoms with E-state index in [4.69, 9.17) is 0 Å². The van der Waals surface area contributed by atoms with Gasteiger partial charge in [0.1, 0.15) is 12.1 Å². The second kappa shape index (κ2) is 7.95. The third-order valence-electron chi connectivity index (χ3n) is 6.02. The van der Waals surface area contributed by atoms with E-state index in [1.807, 2.05) is 0 Å². The topological polar surface area (TPSA) is 96.3 Å². The van der Waals surface area contributed by atoms with E-state index in [-0.39, 0.29) is 11.4 Å². The van der Waals surface area contributed by atoms with E-state index in [0.29, 0.717) is 18.8 Å². The molecule has 1 aromatic heterocycles. The SMILES string of the molecule is CC1CCC2(CC1)NC(=O)N(CC(=O)Nc1cc(C(F)(F)F)ccc1-n1cccn1)C2=O. The Labute approximate surface area is 181 Å². The van der Waals surface area contributed by atoms with Crippen LogP contribution in [0.15, 0.2) is 36.7 Å². The molecular weight excluding hydrogens is 427 g/mol. The maximum atomic E-state index is 13.2. The fraction of sp³-hybridized carbons (Fsp3) is 0.429. The van der Waals surface area contributed by atoms with Crippen molar-refractivity contribution in [3.8, 4) is 5.69 Å². The second-order valence-electron chi connectivity index (χ2n) is 8.31. The summed E-state index contributed by atoms with van der Waals surface area (Å²) >= 11 is 0. The van der Waals surface area contributed by atoms with Crippen molar-refractivity contribution in [2.45, 2.75) is 44.3 Å². The number of benzene rings is 1. The summed E-state index contributed by atoms with van der Waals surface area (Å²) in [6.07, 6.45) is 0.900. The number of nitrogens with one attached hydrogen (secondary N) is 2. The summed E-state index contributed by atoms with van der Waals surface area (Å²) in [5.41, 5.74) is -1.87. The zero-order valence-corrected chi connectivity index (χ0v) is 17.3. The summed E-state index contributed by atoms with van der Waals surface area (Å²) in [5.74, 6) is -0.812. The molecule has 11 heteroatoms. The summed E-state index contributed by atoms with van der Waals surface area (Å²) in [6.45, 7) is 1.47. The van der Waals surface area contributed by atoms with E-state index in [0.717, 1.165) is 29.9 Å². The first-order valence-corrected chi connectivity index (χ1v) is 10.2. The Morgan fingerprint density at radius 3 is 2.62 bits per heavy atom. The molecule has 0 unspecified atom stereocenters. The van der Waals surface area contributed by atoms with Gasteiger partial charge in [-0.1, -0.05) is 6.92 Å². The van der Waals surface area contributed by atoms with Gasteiger partial charge in [-0.3, -0.25) is 14.5 Å². The molecule has 8 nitrogen and oxygen atoms in total. The third kappa shape index (κ3) is 4.06. The Kier molecular flexibility index (Phi) is 5.43. The highest BCUT2D eigenvalue weighted by Crippen LogP contribution is 2.36. The largest absolute Gasteiger partial charge is 0.416 e. The summed E-state index contributed by atoms with van der Waals surface area (Å²) < 4.78 is 40.9. The highest BCUT2D eigenvalue weighted by molar-refractivity contribution is 6.10. The fourth-order valence-corrected chi connectivity index (χ4v) is 4.17. The zero-order valence-electron chi connectivity index (χ0n) is 17.3. The predicted molar refractivity (Wildman–Crippen MR) is 108 cm³/mol. The van der Waals surface area contributed by atoms with E-state index in [1.54, 1.807) is 6.07 Å². The van der Waals surface area contributed by atoms with Crippen molar-refractivity contribution in [3.63, 3.8) is 0 Å². The third-order valence-corrected chi connectivity index (χ3v) is 6.02. The molecule has 2 fully saturated rings. The number of alkyl halides is 3. The van der Waals surface area contributed by atoms with E-state index >= 15 is 0 Å². The van der Waals surface area contributed by atoms with Crippen molar-refractivity contribution in [1.82, 2.24) is 20.0 Å². The molecule has 1 aliphatic carbocycles. The van der Waals surface area contributed by atoms with Crippen molar-refractivity contribution in [3.05, 3.63) is 42.2 Å². The van der Waals surface area contributed by atoms with Crippen molar-refractivity contribution < 1.29 is 27.6 Å². The van der Waals surface area contributed by atoms with Gasteiger partial charge in [-0.25, -0.2) is 9.48 Å². The lowest BCUT2D eigenvalue weighted by Gasteiger charge is -2.33. The number of carbonyl (C=O) groups is 3. The predicted octanol–water partition coefficient (Wildman–Crippen LogP) is 3.33. The van der Waals surface area contributed by atoms with Gasteiger partial charge in [-0.15, -0.1) is 0 Å². The molecule has 1 spiro atoms. The van der Waals surface area contributed by atoms with Crippen molar-refractivity contribution in [2.75, 3.05) is 11.9 Å². The second-order valence-corrected chi connectivity index (χ2v) is 8.31. The van der Waals surface area contributed by atoms with Crippen LogP contribution in [0.25, 0.3) is 5.69 Å². The van der Waals surface area contributed by atoms with Gasteiger partial charge in [-0.05, 0) is 55.9 Å². The van der Waals surface area contributed by atoms with Gasteiger partial charge in [0.2, 0.25) is 5.91 Å². The minimum absolute atomic E-state index is 0.137. The molecule has 4 rings (SSSR count). The number of hydrogen-bond donors (Lipinski definition) is 2. The number of amides is 4. The van der Waals surface area contributed by atoms with Gasteiger partial charge in [0.25, 0.3) is 5.91 Å². The van der Waals surface area contributed by atoms with Gasteiger partial charge < -0.3 is 10.6 Å². The van der Waals surface area contributed by atoms with Gasteiger partial charge in [0, 0.05) is 12.4 Å². The molecule has 2 aromatic rings. The first kappa shape index (κ1) is 21.8. The molecule has 1 saturated heterocycles. The maximum absolute atomic E-state index is 13.2. The van der Waals surface area contributed by atoms with E-state index in [2.05, 4.69) is 22.7 Å². The number of carbonyl (C=O) groups excluding carboxylic acids is 3. The fourth-order valence-electron chi connectivity index (χ4n) is 4.17. The molecule has 0 radical (unpaired) electrons. The highest BCUT2D eigenvalue weighted by Gasteiger charge is 2.52. The number of nitrogens with zero attached hydrogens (tertiary/aromatic N) is 3.